The number of hydrogen-bond acceptors (Lipinski definition) is 5. The predicted molar refractivity (Wildman–Crippen MR) is 91.7 cm³/mol. The molecule has 0 bridgehead atoms. The van der Waals surface area contributed by atoms with Gasteiger partial charge in [0.2, 0.25) is 0 Å². The fourth-order valence-corrected chi connectivity index (χ4v) is 4.30. The number of nitrogens with zero attached hydrogens (tertiary/aromatic N) is 5. The van der Waals surface area contributed by atoms with Gasteiger partial charge in [-0.3, -0.25) is 0 Å². The first-order valence-corrected chi connectivity index (χ1v) is 8.97. The van der Waals surface area contributed by atoms with E-state index in [9.17, 15) is 0 Å². The molecule has 2 aliphatic heterocycles. The first-order valence-electron chi connectivity index (χ1n) is 8.97. The first kappa shape index (κ1) is 15.6. The molecule has 0 amide bonds. The van der Waals surface area contributed by atoms with Crippen LogP contribution in [-0.2, 0) is 6.54 Å². The summed E-state index contributed by atoms with van der Waals surface area (Å²) in [6.07, 6.45) is 14.3. The van der Waals surface area contributed by atoms with Crippen molar-refractivity contribution >= 4 is 0 Å². The van der Waals surface area contributed by atoms with Crippen molar-refractivity contribution in [2.24, 2.45) is 5.92 Å². The van der Waals surface area contributed by atoms with Crippen molar-refractivity contribution in [1.29, 1.82) is 0 Å². The van der Waals surface area contributed by atoms with Crippen molar-refractivity contribution in [3.63, 3.8) is 0 Å². The molecule has 0 aromatic carbocycles. The van der Waals surface area contributed by atoms with Crippen LogP contribution in [0.5, 0.6) is 6.01 Å². The van der Waals surface area contributed by atoms with Crippen molar-refractivity contribution < 1.29 is 4.74 Å². The summed E-state index contributed by atoms with van der Waals surface area (Å²) in [6, 6.07) is 1.14. The van der Waals surface area contributed by atoms with Crippen LogP contribution in [-0.4, -0.2) is 50.7 Å². The van der Waals surface area contributed by atoms with Crippen molar-refractivity contribution in [3.05, 3.63) is 24.8 Å². The van der Waals surface area contributed by atoms with Crippen LogP contribution in [0.1, 0.15) is 32.1 Å². The molecule has 6 heteroatoms. The van der Waals surface area contributed by atoms with E-state index in [-0.39, 0.29) is 0 Å². The third-order valence-corrected chi connectivity index (χ3v) is 5.44. The van der Waals surface area contributed by atoms with Gasteiger partial charge in [-0.15, -0.1) is 0 Å². The standard InChI is InChI=1S/C18H25N5O/c1-24-18-20-11-15(12-21-18)17-19-7-10-23(17)13-14-5-4-9-22-8-3-2-6-16(14)22/h7,10-12,14,16H,2-6,8-9,13H2,1H3/t14-,16+/m0/s1. The number of imidazole rings is 1. The van der Waals surface area contributed by atoms with Crippen molar-refractivity contribution in [2.75, 3.05) is 20.2 Å². The monoisotopic (exact) mass is 327 g/mol. The number of rotatable bonds is 4. The van der Waals surface area contributed by atoms with E-state index < -0.39 is 0 Å². The Bertz CT molecular complexity index is 666. The Morgan fingerprint density at radius 3 is 2.75 bits per heavy atom. The predicted octanol–water partition coefficient (Wildman–Crippen LogP) is 2.61. The minimum atomic E-state index is 0.391. The molecule has 2 aromatic heterocycles. The SMILES string of the molecule is COc1ncc(-c2nccn2C[C@@H]2CCCN3CCCC[C@H]23)cn1. The molecular weight excluding hydrogens is 302 g/mol. The third-order valence-electron chi connectivity index (χ3n) is 5.44. The number of ether oxygens (including phenoxy) is 1. The van der Waals surface area contributed by atoms with Crippen molar-refractivity contribution in [2.45, 2.75) is 44.7 Å². The van der Waals surface area contributed by atoms with E-state index in [4.69, 9.17) is 4.74 Å². The van der Waals surface area contributed by atoms with Gasteiger partial charge in [0.05, 0.1) is 12.7 Å². The maximum atomic E-state index is 5.04. The minimum Gasteiger partial charge on any atom is -0.467 e. The number of methoxy groups -OCH3 is 1. The second-order valence-electron chi connectivity index (χ2n) is 6.86. The van der Waals surface area contributed by atoms with Crippen LogP contribution in [0.2, 0.25) is 0 Å². The zero-order valence-electron chi connectivity index (χ0n) is 14.3. The Morgan fingerprint density at radius 2 is 1.92 bits per heavy atom. The van der Waals surface area contributed by atoms with E-state index in [0.29, 0.717) is 11.9 Å². The van der Waals surface area contributed by atoms with Gasteiger partial charge in [0.15, 0.2) is 0 Å². The van der Waals surface area contributed by atoms with Crippen LogP contribution in [0.3, 0.4) is 0 Å². The summed E-state index contributed by atoms with van der Waals surface area (Å²) in [7, 11) is 1.58. The molecule has 0 unspecified atom stereocenters. The van der Waals surface area contributed by atoms with E-state index >= 15 is 0 Å². The zero-order valence-corrected chi connectivity index (χ0v) is 14.3. The van der Waals surface area contributed by atoms with E-state index in [1.807, 2.05) is 6.20 Å². The van der Waals surface area contributed by atoms with Gasteiger partial charge in [0.25, 0.3) is 0 Å². The lowest BCUT2D eigenvalue weighted by Gasteiger charge is -2.44. The van der Waals surface area contributed by atoms with Gasteiger partial charge in [-0.25, -0.2) is 15.0 Å². The van der Waals surface area contributed by atoms with Gasteiger partial charge < -0.3 is 14.2 Å². The van der Waals surface area contributed by atoms with E-state index in [2.05, 4.69) is 30.6 Å². The average Bonchev–Trinajstić information content (AvgIpc) is 3.10. The van der Waals surface area contributed by atoms with Crippen LogP contribution in [0.25, 0.3) is 11.4 Å². The minimum absolute atomic E-state index is 0.391. The molecule has 0 N–H and O–H groups in total. The summed E-state index contributed by atoms with van der Waals surface area (Å²) < 4.78 is 7.31. The van der Waals surface area contributed by atoms with Crippen LogP contribution >= 0.6 is 0 Å². The van der Waals surface area contributed by atoms with Gasteiger partial charge in [0.1, 0.15) is 5.82 Å². The molecular formula is C18H25N5O. The smallest absolute Gasteiger partial charge is 0.316 e. The molecule has 128 valence electrons. The maximum absolute atomic E-state index is 5.04. The number of aromatic nitrogens is 4. The molecule has 2 aromatic rings. The normalized spacial score (nSPS) is 24.5. The second kappa shape index (κ2) is 6.89. The lowest BCUT2D eigenvalue weighted by Crippen LogP contribution is -2.49. The summed E-state index contributed by atoms with van der Waals surface area (Å²) in [5, 5.41) is 0. The summed E-state index contributed by atoms with van der Waals surface area (Å²) in [5.74, 6) is 1.66. The highest BCUT2D eigenvalue weighted by atomic mass is 16.5. The third kappa shape index (κ3) is 3.02. The van der Waals surface area contributed by atoms with Gasteiger partial charge in [-0.2, -0.15) is 0 Å². The van der Waals surface area contributed by atoms with E-state index in [0.717, 1.165) is 24.0 Å². The average molecular weight is 327 g/mol. The van der Waals surface area contributed by atoms with Gasteiger partial charge in [-0.05, 0) is 44.7 Å². The highest BCUT2D eigenvalue weighted by Crippen LogP contribution is 2.32. The molecule has 2 fully saturated rings. The van der Waals surface area contributed by atoms with E-state index in [1.165, 1.54) is 45.2 Å². The zero-order chi connectivity index (χ0) is 16.4. The highest BCUT2D eigenvalue weighted by Gasteiger charge is 2.33. The van der Waals surface area contributed by atoms with Gasteiger partial charge in [0, 0.05) is 37.4 Å². The van der Waals surface area contributed by atoms with Crippen LogP contribution in [0, 0.1) is 5.92 Å². The quantitative estimate of drug-likeness (QED) is 0.864. The molecule has 0 aliphatic carbocycles. The fraction of sp³-hybridized carbons (Fsp3) is 0.611. The fourth-order valence-electron chi connectivity index (χ4n) is 4.30. The summed E-state index contributed by atoms with van der Waals surface area (Å²) in [5.41, 5.74) is 0.942. The Labute approximate surface area is 142 Å². The number of hydrogen-bond donors (Lipinski definition) is 0. The Balaban J connectivity index is 1.53. The molecule has 2 atom stereocenters. The van der Waals surface area contributed by atoms with Crippen molar-refractivity contribution in [1.82, 2.24) is 24.4 Å². The molecule has 6 nitrogen and oxygen atoms in total. The Kier molecular flexibility index (Phi) is 4.47. The van der Waals surface area contributed by atoms with E-state index in [1.54, 1.807) is 19.5 Å². The van der Waals surface area contributed by atoms with Crippen LogP contribution in [0.4, 0.5) is 0 Å². The van der Waals surface area contributed by atoms with Crippen molar-refractivity contribution in [3.8, 4) is 17.4 Å². The largest absolute Gasteiger partial charge is 0.467 e. The Hall–Kier alpha value is -1.95. The molecule has 4 heterocycles. The second-order valence-corrected chi connectivity index (χ2v) is 6.86. The lowest BCUT2D eigenvalue weighted by molar-refractivity contribution is 0.0521. The maximum Gasteiger partial charge on any atom is 0.316 e. The molecule has 24 heavy (non-hydrogen) atoms. The molecule has 2 saturated heterocycles. The molecule has 0 spiro atoms. The van der Waals surface area contributed by atoms with Gasteiger partial charge >= 0.3 is 6.01 Å². The molecule has 2 aliphatic rings. The first-order chi connectivity index (χ1) is 11.8. The molecule has 0 saturated carbocycles. The molecule has 0 radical (unpaired) electrons. The summed E-state index contributed by atoms with van der Waals surface area (Å²) in [4.78, 5) is 15.7. The Morgan fingerprint density at radius 1 is 1.08 bits per heavy atom. The topological polar surface area (TPSA) is 56.1 Å². The number of fused-ring (bicyclic) bond motifs is 1. The number of piperidine rings is 2. The molecule has 4 rings (SSSR count). The van der Waals surface area contributed by atoms with Crippen LogP contribution < -0.4 is 4.74 Å². The van der Waals surface area contributed by atoms with Crippen LogP contribution in [0.15, 0.2) is 24.8 Å². The van der Waals surface area contributed by atoms with Gasteiger partial charge in [-0.1, -0.05) is 6.42 Å². The highest BCUT2D eigenvalue weighted by molar-refractivity contribution is 5.52. The summed E-state index contributed by atoms with van der Waals surface area (Å²) in [6.45, 7) is 3.59. The lowest BCUT2D eigenvalue weighted by atomic mass is 9.83. The summed E-state index contributed by atoms with van der Waals surface area (Å²) >= 11 is 0.